The summed E-state index contributed by atoms with van der Waals surface area (Å²) < 4.78 is 0. The molecule has 92 valence electrons. The van der Waals surface area contributed by atoms with E-state index in [0.717, 1.165) is 0 Å². The fourth-order valence-electron chi connectivity index (χ4n) is 1.08. The van der Waals surface area contributed by atoms with Crippen LogP contribution in [-0.2, 0) is 0 Å². The minimum Gasteiger partial charge on any atom is -0.478 e. The summed E-state index contributed by atoms with van der Waals surface area (Å²) in [4.78, 5) is 22.3. The van der Waals surface area contributed by atoms with Gasteiger partial charge >= 0.3 is 5.97 Å². The van der Waals surface area contributed by atoms with Crippen molar-refractivity contribution in [3.63, 3.8) is 0 Å². The number of hydrazine groups is 1. The quantitative estimate of drug-likeness (QED) is 0.693. The fraction of sp³-hybridized carbons (Fsp3) is 0.333. The van der Waals surface area contributed by atoms with Gasteiger partial charge in [-0.05, 0) is 45.0 Å². The molecule has 0 atom stereocenters. The van der Waals surface area contributed by atoms with Crippen LogP contribution in [0.3, 0.4) is 0 Å². The summed E-state index contributed by atoms with van der Waals surface area (Å²) in [6.45, 7) is 5.75. The Kier molecular flexibility index (Phi) is 3.85. The van der Waals surface area contributed by atoms with Gasteiger partial charge in [0.25, 0.3) is 5.91 Å². The Hall–Kier alpha value is -1.88. The van der Waals surface area contributed by atoms with Crippen molar-refractivity contribution < 1.29 is 14.7 Å². The molecule has 17 heavy (non-hydrogen) atoms. The molecule has 0 spiro atoms. The van der Waals surface area contributed by atoms with Crippen LogP contribution < -0.4 is 10.9 Å². The van der Waals surface area contributed by atoms with E-state index in [1.165, 1.54) is 24.3 Å². The first-order chi connectivity index (χ1) is 7.79. The van der Waals surface area contributed by atoms with Gasteiger partial charge in [-0.3, -0.25) is 10.2 Å². The molecule has 0 aromatic heterocycles. The number of carbonyl (C=O) groups excluding carboxylic acids is 1. The van der Waals surface area contributed by atoms with Crippen LogP contribution in [0.2, 0.25) is 0 Å². The highest BCUT2D eigenvalue weighted by Crippen LogP contribution is 2.04. The van der Waals surface area contributed by atoms with Crippen LogP contribution in [-0.4, -0.2) is 22.5 Å². The average Bonchev–Trinajstić information content (AvgIpc) is 2.25. The minimum absolute atomic E-state index is 0.158. The Morgan fingerprint density at radius 2 is 1.53 bits per heavy atom. The van der Waals surface area contributed by atoms with E-state index < -0.39 is 5.97 Å². The van der Waals surface area contributed by atoms with Gasteiger partial charge in [0, 0.05) is 11.1 Å². The molecule has 3 N–H and O–H groups in total. The number of amides is 1. The van der Waals surface area contributed by atoms with Gasteiger partial charge in [-0.1, -0.05) is 0 Å². The van der Waals surface area contributed by atoms with Crippen molar-refractivity contribution in [3.8, 4) is 0 Å². The number of carboxylic acid groups (broad SMARTS) is 1. The zero-order chi connectivity index (χ0) is 13.1. The van der Waals surface area contributed by atoms with Crippen LogP contribution >= 0.6 is 0 Å². The lowest BCUT2D eigenvalue weighted by molar-refractivity contribution is 0.0696. The van der Waals surface area contributed by atoms with Gasteiger partial charge in [0.1, 0.15) is 0 Å². The molecular formula is C12H16N2O3. The zero-order valence-electron chi connectivity index (χ0n) is 10.1. The van der Waals surface area contributed by atoms with Crippen molar-refractivity contribution in [3.05, 3.63) is 35.4 Å². The van der Waals surface area contributed by atoms with Crippen molar-refractivity contribution in [2.45, 2.75) is 26.3 Å². The summed E-state index contributed by atoms with van der Waals surface area (Å²) in [5.74, 6) is -1.30. The van der Waals surface area contributed by atoms with Crippen LogP contribution in [0, 0.1) is 0 Å². The molecule has 5 heteroatoms. The Morgan fingerprint density at radius 1 is 1.06 bits per heavy atom. The maximum absolute atomic E-state index is 11.7. The van der Waals surface area contributed by atoms with Crippen molar-refractivity contribution in [1.82, 2.24) is 10.9 Å². The van der Waals surface area contributed by atoms with E-state index >= 15 is 0 Å². The first kappa shape index (κ1) is 13.2. The van der Waals surface area contributed by atoms with Crippen molar-refractivity contribution in [1.29, 1.82) is 0 Å². The molecule has 0 aliphatic rings. The van der Waals surface area contributed by atoms with Gasteiger partial charge in [-0.25, -0.2) is 10.2 Å². The Bertz CT molecular complexity index is 418. The van der Waals surface area contributed by atoms with E-state index in [2.05, 4.69) is 10.9 Å². The van der Waals surface area contributed by atoms with Gasteiger partial charge in [0.05, 0.1) is 5.56 Å². The third-order valence-corrected chi connectivity index (χ3v) is 1.95. The number of nitrogens with one attached hydrogen (secondary N) is 2. The second-order valence-electron chi connectivity index (χ2n) is 4.71. The molecule has 0 heterocycles. The topological polar surface area (TPSA) is 78.4 Å². The predicted molar refractivity (Wildman–Crippen MR) is 63.8 cm³/mol. The lowest BCUT2D eigenvalue weighted by atomic mass is 10.1. The average molecular weight is 236 g/mol. The predicted octanol–water partition coefficient (Wildman–Crippen LogP) is 1.42. The largest absolute Gasteiger partial charge is 0.478 e. The SMILES string of the molecule is CC(C)(C)NNC(=O)c1ccc(C(=O)O)cc1. The monoisotopic (exact) mass is 236 g/mol. The Morgan fingerprint density at radius 3 is 1.94 bits per heavy atom. The van der Waals surface area contributed by atoms with Gasteiger partial charge in [0.15, 0.2) is 0 Å². The summed E-state index contributed by atoms with van der Waals surface area (Å²) >= 11 is 0. The molecule has 0 saturated heterocycles. The molecule has 0 unspecified atom stereocenters. The highest BCUT2D eigenvalue weighted by molar-refractivity contribution is 5.95. The molecule has 0 aliphatic heterocycles. The van der Waals surface area contributed by atoms with Crippen LogP contribution in [0.4, 0.5) is 0 Å². The normalized spacial score (nSPS) is 11.0. The summed E-state index contributed by atoms with van der Waals surface area (Å²) in [7, 11) is 0. The highest BCUT2D eigenvalue weighted by Gasteiger charge is 2.12. The van der Waals surface area contributed by atoms with Crippen molar-refractivity contribution >= 4 is 11.9 Å². The summed E-state index contributed by atoms with van der Waals surface area (Å²) in [6, 6.07) is 5.74. The summed E-state index contributed by atoms with van der Waals surface area (Å²) in [5, 5.41) is 8.71. The molecule has 1 aromatic carbocycles. The molecule has 0 bridgehead atoms. The second-order valence-corrected chi connectivity index (χ2v) is 4.71. The zero-order valence-corrected chi connectivity index (χ0v) is 10.1. The lowest BCUT2D eigenvalue weighted by Gasteiger charge is -2.20. The number of carboxylic acids is 1. The van der Waals surface area contributed by atoms with E-state index in [-0.39, 0.29) is 17.0 Å². The summed E-state index contributed by atoms with van der Waals surface area (Å²) in [5.41, 5.74) is 5.73. The van der Waals surface area contributed by atoms with E-state index in [1.807, 2.05) is 20.8 Å². The first-order valence-corrected chi connectivity index (χ1v) is 5.20. The smallest absolute Gasteiger partial charge is 0.335 e. The number of carbonyl (C=O) groups is 2. The van der Waals surface area contributed by atoms with Gasteiger partial charge in [0.2, 0.25) is 0 Å². The maximum atomic E-state index is 11.7. The fourth-order valence-corrected chi connectivity index (χ4v) is 1.08. The molecule has 0 radical (unpaired) electrons. The molecule has 0 aliphatic carbocycles. The standard InChI is InChI=1S/C12H16N2O3/c1-12(2,3)14-13-10(15)8-4-6-9(7-5-8)11(16)17/h4-7,14H,1-3H3,(H,13,15)(H,16,17). The lowest BCUT2D eigenvalue weighted by Crippen LogP contribution is -2.48. The Balaban J connectivity index is 2.67. The van der Waals surface area contributed by atoms with Crippen LogP contribution in [0.5, 0.6) is 0 Å². The molecule has 0 fully saturated rings. The summed E-state index contributed by atoms with van der Waals surface area (Å²) in [6.07, 6.45) is 0. The molecular weight excluding hydrogens is 220 g/mol. The van der Waals surface area contributed by atoms with Gasteiger partial charge < -0.3 is 5.11 Å². The van der Waals surface area contributed by atoms with Gasteiger partial charge in [-0.15, -0.1) is 0 Å². The molecule has 1 rings (SSSR count). The van der Waals surface area contributed by atoms with Crippen LogP contribution in [0.25, 0.3) is 0 Å². The molecule has 1 aromatic rings. The van der Waals surface area contributed by atoms with Crippen LogP contribution in [0.1, 0.15) is 41.5 Å². The Labute approximate surface area is 99.8 Å². The molecule has 1 amide bonds. The molecule has 0 saturated carbocycles. The van der Waals surface area contributed by atoms with E-state index in [0.29, 0.717) is 5.56 Å². The number of benzene rings is 1. The van der Waals surface area contributed by atoms with Gasteiger partial charge in [-0.2, -0.15) is 0 Å². The third kappa shape index (κ3) is 4.24. The minimum atomic E-state index is -1.01. The number of rotatable bonds is 3. The first-order valence-electron chi connectivity index (χ1n) is 5.20. The molecule has 5 nitrogen and oxygen atoms in total. The van der Waals surface area contributed by atoms with Crippen molar-refractivity contribution in [2.24, 2.45) is 0 Å². The third-order valence-electron chi connectivity index (χ3n) is 1.95. The highest BCUT2D eigenvalue weighted by atomic mass is 16.4. The van der Waals surface area contributed by atoms with E-state index in [1.54, 1.807) is 0 Å². The number of hydrogen-bond acceptors (Lipinski definition) is 3. The van der Waals surface area contributed by atoms with Crippen LogP contribution in [0.15, 0.2) is 24.3 Å². The van der Waals surface area contributed by atoms with Crippen molar-refractivity contribution in [2.75, 3.05) is 0 Å². The second kappa shape index (κ2) is 4.97. The number of aromatic carboxylic acids is 1. The number of hydrogen-bond donors (Lipinski definition) is 3. The van der Waals surface area contributed by atoms with E-state index in [4.69, 9.17) is 5.11 Å². The maximum Gasteiger partial charge on any atom is 0.335 e. The van der Waals surface area contributed by atoms with E-state index in [9.17, 15) is 9.59 Å².